The number of hydrogen-bond donors (Lipinski definition) is 2. The molecule has 0 saturated carbocycles. The number of benzene rings is 2. The van der Waals surface area contributed by atoms with Crippen LogP contribution in [0.2, 0.25) is 0 Å². The van der Waals surface area contributed by atoms with Gasteiger partial charge in [0.2, 0.25) is 0 Å². The van der Waals surface area contributed by atoms with E-state index in [1.54, 1.807) is 0 Å². The second-order valence-electron chi connectivity index (χ2n) is 5.18. The van der Waals surface area contributed by atoms with Crippen LogP contribution in [-0.4, -0.2) is 30.9 Å². The summed E-state index contributed by atoms with van der Waals surface area (Å²) in [6.07, 6.45) is -0.698. The summed E-state index contributed by atoms with van der Waals surface area (Å²) < 4.78 is 6.01. The van der Waals surface area contributed by atoms with Crippen molar-refractivity contribution in [3.05, 3.63) is 71.8 Å². The Morgan fingerprint density at radius 1 is 0.952 bits per heavy atom. The second kappa shape index (κ2) is 7.93. The van der Waals surface area contributed by atoms with E-state index < -0.39 is 6.10 Å². The standard InChI is InChI=1S/C18H23NO2/c1-14(19-2)17(20)13-21-18(15-9-5-3-6-10-15)16-11-7-4-8-12-16/h3-12,14,17-20H,13H2,1-2H3/t14-,17+/m0/s1. The number of rotatable bonds is 7. The molecular weight excluding hydrogens is 262 g/mol. The van der Waals surface area contributed by atoms with E-state index in [1.165, 1.54) is 0 Å². The molecule has 0 saturated heterocycles. The first-order valence-electron chi connectivity index (χ1n) is 7.29. The van der Waals surface area contributed by atoms with Crippen LogP contribution in [-0.2, 0) is 4.74 Å². The molecular formula is C18H23NO2. The summed E-state index contributed by atoms with van der Waals surface area (Å²) in [5.41, 5.74) is 2.18. The summed E-state index contributed by atoms with van der Waals surface area (Å²) in [7, 11) is 1.83. The largest absolute Gasteiger partial charge is 0.389 e. The predicted octanol–water partition coefficient (Wildman–Crippen LogP) is 2.76. The van der Waals surface area contributed by atoms with Gasteiger partial charge in [-0.1, -0.05) is 60.7 Å². The summed E-state index contributed by atoms with van der Waals surface area (Å²) in [6, 6.07) is 20.2. The van der Waals surface area contributed by atoms with Gasteiger partial charge in [0.1, 0.15) is 6.10 Å². The SMILES string of the molecule is CN[C@@H](C)[C@H](O)COC(c1ccccc1)c1ccccc1. The summed E-state index contributed by atoms with van der Waals surface area (Å²) >= 11 is 0. The maximum atomic E-state index is 10.1. The van der Waals surface area contributed by atoms with Gasteiger partial charge in [-0.2, -0.15) is 0 Å². The average molecular weight is 285 g/mol. The molecule has 3 nitrogen and oxygen atoms in total. The lowest BCUT2D eigenvalue weighted by molar-refractivity contribution is -0.00600. The van der Waals surface area contributed by atoms with Gasteiger partial charge in [-0.25, -0.2) is 0 Å². The van der Waals surface area contributed by atoms with Crippen LogP contribution in [0.15, 0.2) is 60.7 Å². The maximum Gasteiger partial charge on any atom is 0.108 e. The maximum absolute atomic E-state index is 10.1. The van der Waals surface area contributed by atoms with Gasteiger partial charge in [0.15, 0.2) is 0 Å². The number of likely N-dealkylation sites (N-methyl/N-ethyl adjacent to an activating group) is 1. The Bertz CT molecular complexity index is 476. The molecule has 3 heteroatoms. The van der Waals surface area contributed by atoms with Gasteiger partial charge < -0.3 is 15.2 Å². The van der Waals surface area contributed by atoms with Crippen molar-refractivity contribution in [2.45, 2.75) is 25.2 Å². The van der Waals surface area contributed by atoms with Crippen LogP contribution in [0.1, 0.15) is 24.2 Å². The zero-order valence-electron chi connectivity index (χ0n) is 12.6. The van der Waals surface area contributed by atoms with E-state index in [1.807, 2.05) is 74.6 Å². The molecule has 0 aliphatic carbocycles. The van der Waals surface area contributed by atoms with Crippen molar-refractivity contribution in [2.24, 2.45) is 0 Å². The number of nitrogens with one attached hydrogen (secondary N) is 1. The Balaban J connectivity index is 2.14. The van der Waals surface area contributed by atoms with Crippen LogP contribution in [0.25, 0.3) is 0 Å². The summed E-state index contributed by atoms with van der Waals surface area (Å²) in [4.78, 5) is 0. The Morgan fingerprint density at radius 2 is 1.43 bits per heavy atom. The van der Waals surface area contributed by atoms with E-state index in [0.717, 1.165) is 11.1 Å². The van der Waals surface area contributed by atoms with Crippen molar-refractivity contribution in [2.75, 3.05) is 13.7 Å². The number of aliphatic hydroxyl groups is 1. The summed E-state index contributed by atoms with van der Waals surface area (Å²) in [6.45, 7) is 2.23. The third-order valence-corrected chi connectivity index (χ3v) is 3.67. The van der Waals surface area contributed by atoms with Crippen LogP contribution in [0, 0.1) is 0 Å². The zero-order valence-corrected chi connectivity index (χ0v) is 12.6. The Kier molecular flexibility index (Phi) is 5.93. The highest BCUT2D eigenvalue weighted by atomic mass is 16.5. The Morgan fingerprint density at radius 3 is 1.86 bits per heavy atom. The van der Waals surface area contributed by atoms with E-state index in [-0.39, 0.29) is 18.8 Å². The Labute approximate surface area is 126 Å². The molecule has 0 spiro atoms. The third kappa shape index (κ3) is 4.39. The normalized spacial score (nSPS) is 14.1. The van der Waals surface area contributed by atoms with Gasteiger partial charge in [-0.15, -0.1) is 0 Å². The van der Waals surface area contributed by atoms with Crippen molar-refractivity contribution in [3.8, 4) is 0 Å². The third-order valence-electron chi connectivity index (χ3n) is 3.67. The van der Waals surface area contributed by atoms with Crippen molar-refractivity contribution < 1.29 is 9.84 Å². The van der Waals surface area contributed by atoms with Crippen LogP contribution >= 0.6 is 0 Å². The first-order valence-corrected chi connectivity index (χ1v) is 7.29. The van der Waals surface area contributed by atoms with Gasteiger partial charge >= 0.3 is 0 Å². The van der Waals surface area contributed by atoms with Gasteiger partial charge in [0.05, 0.1) is 12.7 Å². The van der Waals surface area contributed by atoms with E-state index in [4.69, 9.17) is 4.74 Å². The molecule has 2 aromatic rings. The van der Waals surface area contributed by atoms with E-state index in [0.29, 0.717) is 0 Å². The van der Waals surface area contributed by atoms with E-state index in [2.05, 4.69) is 5.32 Å². The van der Waals surface area contributed by atoms with E-state index >= 15 is 0 Å². The monoisotopic (exact) mass is 285 g/mol. The van der Waals surface area contributed by atoms with Gasteiger partial charge in [0, 0.05) is 6.04 Å². The fourth-order valence-electron chi connectivity index (χ4n) is 2.17. The fraction of sp³-hybridized carbons (Fsp3) is 0.333. The van der Waals surface area contributed by atoms with Gasteiger partial charge in [-0.3, -0.25) is 0 Å². The van der Waals surface area contributed by atoms with Crippen molar-refractivity contribution in [3.63, 3.8) is 0 Å². The zero-order chi connectivity index (χ0) is 15.1. The van der Waals surface area contributed by atoms with Gasteiger partial charge in [0.25, 0.3) is 0 Å². The Hall–Kier alpha value is -1.68. The van der Waals surface area contributed by atoms with Crippen LogP contribution in [0.3, 0.4) is 0 Å². The molecule has 0 amide bonds. The smallest absolute Gasteiger partial charge is 0.108 e. The van der Waals surface area contributed by atoms with Crippen LogP contribution < -0.4 is 5.32 Å². The average Bonchev–Trinajstić information content (AvgIpc) is 2.56. The topological polar surface area (TPSA) is 41.5 Å². The molecule has 0 heterocycles. The summed E-state index contributed by atoms with van der Waals surface area (Å²) in [5.74, 6) is 0. The van der Waals surface area contributed by atoms with Crippen LogP contribution in [0.5, 0.6) is 0 Å². The minimum atomic E-state index is -0.537. The molecule has 0 unspecified atom stereocenters. The molecule has 0 aromatic heterocycles. The molecule has 21 heavy (non-hydrogen) atoms. The first kappa shape index (κ1) is 15.7. The second-order valence-corrected chi connectivity index (χ2v) is 5.18. The molecule has 2 N–H and O–H groups in total. The lowest BCUT2D eigenvalue weighted by atomic mass is 10.0. The van der Waals surface area contributed by atoms with Crippen molar-refractivity contribution >= 4 is 0 Å². The highest BCUT2D eigenvalue weighted by Gasteiger charge is 2.18. The first-order chi connectivity index (χ1) is 10.2. The number of aliphatic hydroxyl groups excluding tert-OH is 1. The summed E-state index contributed by atoms with van der Waals surface area (Å²) in [5, 5.41) is 13.1. The molecule has 2 aromatic carbocycles. The minimum Gasteiger partial charge on any atom is -0.389 e. The van der Waals surface area contributed by atoms with Gasteiger partial charge in [-0.05, 0) is 25.1 Å². The van der Waals surface area contributed by atoms with Crippen molar-refractivity contribution in [1.29, 1.82) is 0 Å². The lowest BCUT2D eigenvalue weighted by Crippen LogP contribution is -2.38. The highest BCUT2D eigenvalue weighted by molar-refractivity contribution is 5.29. The lowest BCUT2D eigenvalue weighted by Gasteiger charge is -2.23. The molecule has 112 valence electrons. The predicted molar refractivity (Wildman–Crippen MR) is 85.2 cm³/mol. The molecule has 0 aliphatic heterocycles. The minimum absolute atomic E-state index is 0.00260. The molecule has 0 bridgehead atoms. The van der Waals surface area contributed by atoms with Crippen molar-refractivity contribution in [1.82, 2.24) is 5.32 Å². The van der Waals surface area contributed by atoms with E-state index in [9.17, 15) is 5.11 Å². The number of ether oxygens (including phenoxy) is 1. The molecule has 0 radical (unpaired) electrons. The molecule has 2 rings (SSSR count). The molecule has 0 aliphatic rings. The molecule has 0 fully saturated rings. The highest BCUT2D eigenvalue weighted by Crippen LogP contribution is 2.25. The molecule has 2 atom stereocenters. The fourth-order valence-corrected chi connectivity index (χ4v) is 2.17. The van der Waals surface area contributed by atoms with Crippen LogP contribution in [0.4, 0.5) is 0 Å². The number of hydrogen-bond acceptors (Lipinski definition) is 3. The quantitative estimate of drug-likeness (QED) is 0.822.